The summed E-state index contributed by atoms with van der Waals surface area (Å²) in [6.45, 7) is 5.09. The van der Waals surface area contributed by atoms with E-state index in [9.17, 15) is 18.7 Å². The molecule has 0 aliphatic carbocycles. The predicted molar refractivity (Wildman–Crippen MR) is 106 cm³/mol. The van der Waals surface area contributed by atoms with Crippen LogP contribution in [-0.4, -0.2) is 52.1 Å². The number of piperazine rings is 1. The van der Waals surface area contributed by atoms with E-state index in [2.05, 4.69) is 16.5 Å². The lowest BCUT2D eigenvalue weighted by molar-refractivity contribution is -0.126. The first-order valence-corrected chi connectivity index (χ1v) is 9.19. The Morgan fingerprint density at radius 1 is 1.07 bits per heavy atom. The van der Waals surface area contributed by atoms with Crippen LogP contribution in [0.1, 0.15) is 0 Å². The monoisotopic (exact) mass is 414 g/mol. The summed E-state index contributed by atoms with van der Waals surface area (Å²) >= 11 is 0. The number of carbonyl (C=O) groups excluding carboxylic acids is 1. The van der Waals surface area contributed by atoms with Gasteiger partial charge in [0.25, 0.3) is 0 Å². The summed E-state index contributed by atoms with van der Waals surface area (Å²) in [6.07, 6.45) is 2.38. The average Bonchev–Trinajstić information content (AvgIpc) is 2.75. The fourth-order valence-corrected chi connectivity index (χ4v) is 3.63. The Balaban J connectivity index is 1.79. The van der Waals surface area contributed by atoms with Crippen LogP contribution in [0.5, 0.6) is 5.75 Å². The van der Waals surface area contributed by atoms with E-state index in [-0.39, 0.29) is 16.8 Å². The van der Waals surface area contributed by atoms with Gasteiger partial charge in [-0.25, -0.2) is 23.1 Å². The van der Waals surface area contributed by atoms with Crippen molar-refractivity contribution < 1.29 is 23.1 Å². The van der Waals surface area contributed by atoms with Gasteiger partial charge in [-0.1, -0.05) is 12.6 Å². The molecule has 1 N–H and O–H groups in total. The minimum absolute atomic E-state index is 0.121. The van der Waals surface area contributed by atoms with Crippen LogP contribution in [0, 0.1) is 17.5 Å². The van der Waals surface area contributed by atoms with E-state index in [1.165, 1.54) is 12.1 Å². The van der Waals surface area contributed by atoms with Gasteiger partial charge in [0, 0.05) is 31.6 Å². The first-order chi connectivity index (χ1) is 14.4. The van der Waals surface area contributed by atoms with E-state index >= 15 is 4.39 Å². The summed E-state index contributed by atoms with van der Waals surface area (Å²) in [4.78, 5) is 23.3. The molecular weight excluding hydrogens is 397 g/mol. The summed E-state index contributed by atoms with van der Waals surface area (Å²) in [5, 5.41) is 10.1. The molecule has 154 valence electrons. The molecule has 1 aromatic heterocycles. The molecule has 0 radical (unpaired) electrons. The number of hydrogen-bond donors (Lipinski definition) is 1. The summed E-state index contributed by atoms with van der Waals surface area (Å²) in [5.74, 6) is -3.54. The van der Waals surface area contributed by atoms with Crippen molar-refractivity contribution in [2.45, 2.75) is 0 Å². The lowest BCUT2D eigenvalue weighted by Crippen LogP contribution is -2.48. The first kappa shape index (κ1) is 19.7. The molecule has 6 nitrogen and oxygen atoms in total. The zero-order chi connectivity index (χ0) is 21.4. The zero-order valence-corrected chi connectivity index (χ0v) is 15.8. The minimum Gasteiger partial charge on any atom is -0.507 e. The van der Waals surface area contributed by atoms with E-state index in [4.69, 9.17) is 0 Å². The van der Waals surface area contributed by atoms with Crippen LogP contribution in [0.3, 0.4) is 0 Å². The molecule has 1 fully saturated rings. The largest absolute Gasteiger partial charge is 0.507 e. The van der Waals surface area contributed by atoms with Crippen molar-refractivity contribution >= 4 is 22.6 Å². The van der Waals surface area contributed by atoms with E-state index in [0.29, 0.717) is 32.0 Å². The van der Waals surface area contributed by atoms with Crippen molar-refractivity contribution in [3.05, 3.63) is 60.7 Å². The molecule has 2 heterocycles. The molecule has 1 aliphatic rings. The quantitative estimate of drug-likeness (QED) is 0.667. The van der Waals surface area contributed by atoms with E-state index < -0.39 is 34.3 Å². The maximum Gasteiger partial charge on any atom is 0.246 e. The number of phenolic OH excluding ortho intramolecular Hbond substituents is 1. The van der Waals surface area contributed by atoms with Crippen LogP contribution >= 0.6 is 0 Å². The summed E-state index contributed by atoms with van der Waals surface area (Å²) in [6, 6.07) is 4.43. The molecule has 0 unspecified atom stereocenters. The van der Waals surface area contributed by atoms with Crippen molar-refractivity contribution in [1.82, 2.24) is 14.9 Å². The number of phenols is 1. The fourth-order valence-electron chi connectivity index (χ4n) is 3.63. The van der Waals surface area contributed by atoms with Crippen LogP contribution in [0.15, 0.2) is 43.2 Å². The Labute approximate surface area is 169 Å². The molecule has 4 rings (SSSR count). The molecule has 1 saturated heterocycles. The number of anilines is 1. The number of nitrogens with zero attached hydrogens (tertiary/aromatic N) is 4. The van der Waals surface area contributed by atoms with Gasteiger partial charge in [0.2, 0.25) is 5.91 Å². The number of rotatable bonds is 3. The molecule has 0 atom stereocenters. The average molecular weight is 414 g/mol. The zero-order valence-electron chi connectivity index (χ0n) is 15.8. The molecule has 9 heteroatoms. The number of amides is 1. The number of aromatic hydroxyl groups is 1. The van der Waals surface area contributed by atoms with Gasteiger partial charge >= 0.3 is 0 Å². The van der Waals surface area contributed by atoms with Gasteiger partial charge in [-0.05, 0) is 24.3 Å². The van der Waals surface area contributed by atoms with Crippen molar-refractivity contribution in [3.63, 3.8) is 0 Å². The highest BCUT2D eigenvalue weighted by molar-refractivity contribution is 5.94. The second-order valence-corrected chi connectivity index (χ2v) is 6.79. The SMILES string of the molecule is C=CC(=O)N1CCN(c2ncnc3c(F)c(-c4c(O)cccc4F)c(F)cc23)CC1. The van der Waals surface area contributed by atoms with Crippen LogP contribution in [-0.2, 0) is 4.79 Å². The molecule has 0 spiro atoms. The van der Waals surface area contributed by atoms with Crippen LogP contribution in [0.4, 0.5) is 19.0 Å². The third-order valence-electron chi connectivity index (χ3n) is 5.11. The Morgan fingerprint density at radius 2 is 1.80 bits per heavy atom. The Bertz CT molecular complexity index is 1140. The molecule has 3 aromatic rings. The van der Waals surface area contributed by atoms with Gasteiger partial charge in [0.15, 0.2) is 5.82 Å². The smallest absolute Gasteiger partial charge is 0.246 e. The Morgan fingerprint density at radius 3 is 2.47 bits per heavy atom. The molecular formula is C21H17F3N4O2. The minimum atomic E-state index is -1.09. The number of halogens is 3. The molecule has 0 bridgehead atoms. The topological polar surface area (TPSA) is 69.6 Å². The van der Waals surface area contributed by atoms with Crippen LogP contribution < -0.4 is 4.90 Å². The number of carbonyl (C=O) groups is 1. The van der Waals surface area contributed by atoms with Gasteiger partial charge in [0.1, 0.15) is 35.0 Å². The van der Waals surface area contributed by atoms with E-state index in [0.717, 1.165) is 24.5 Å². The van der Waals surface area contributed by atoms with E-state index in [1.807, 2.05) is 0 Å². The second kappa shape index (κ2) is 7.66. The Hall–Kier alpha value is -3.62. The van der Waals surface area contributed by atoms with E-state index in [1.54, 1.807) is 9.80 Å². The fraction of sp³-hybridized carbons (Fsp3) is 0.190. The lowest BCUT2D eigenvalue weighted by atomic mass is 10.00. The van der Waals surface area contributed by atoms with Crippen LogP contribution in [0.25, 0.3) is 22.0 Å². The molecule has 30 heavy (non-hydrogen) atoms. The third kappa shape index (κ3) is 3.22. The van der Waals surface area contributed by atoms with Gasteiger partial charge < -0.3 is 14.9 Å². The van der Waals surface area contributed by atoms with Crippen molar-refractivity contribution in [2.24, 2.45) is 0 Å². The maximum absolute atomic E-state index is 15.2. The van der Waals surface area contributed by atoms with Gasteiger partial charge in [-0.2, -0.15) is 0 Å². The van der Waals surface area contributed by atoms with Gasteiger partial charge in [-0.15, -0.1) is 0 Å². The molecule has 1 amide bonds. The van der Waals surface area contributed by atoms with Crippen molar-refractivity contribution in [2.75, 3.05) is 31.1 Å². The van der Waals surface area contributed by atoms with Gasteiger partial charge in [-0.3, -0.25) is 4.79 Å². The first-order valence-electron chi connectivity index (χ1n) is 9.19. The molecule has 2 aromatic carbocycles. The van der Waals surface area contributed by atoms with Gasteiger partial charge in [0.05, 0.1) is 11.1 Å². The lowest BCUT2D eigenvalue weighted by Gasteiger charge is -2.35. The summed E-state index contributed by atoms with van der Waals surface area (Å²) < 4.78 is 44.4. The highest BCUT2D eigenvalue weighted by atomic mass is 19.1. The van der Waals surface area contributed by atoms with Crippen molar-refractivity contribution in [3.8, 4) is 16.9 Å². The predicted octanol–water partition coefficient (Wildman–Crippen LogP) is 3.25. The number of hydrogen-bond acceptors (Lipinski definition) is 5. The summed E-state index contributed by atoms with van der Waals surface area (Å²) in [7, 11) is 0. The highest BCUT2D eigenvalue weighted by Gasteiger charge is 2.26. The second-order valence-electron chi connectivity index (χ2n) is 6.79. The third-order valence-corrected chi connectivity index (χ3v) is 5.11. The number of benzene rings is 2. The van der Waals surface area contributed by atoms with Crippen molar-refractivity contribution in [1.29, 1.82) is 0 Å². The number of fused-ring (bicyclic) bond motifs is 1. The normalized spacial score (nSPS) is 14.2. The standard InChI is InChI=1S/C21H17F3N4O2/c1-2-16(30)27-6-8-28(9-7-27)21-12-10-14(23)18(19(24)20(12)25-11-26-21)17-13(22)4-3-5-15(17)29/h2-5,10-11,29H,1,6-9H2. The maximum atomic E-state index is 15.2. The molecule has 0 saturated carbocycles. The number of aromatic nitrogens is 2. The summed E-state index contributed by atoms with van der Waals surface area (Å²) in [5.41, 5.74) is -1.45. The highest BCUT2D eigenvalue weighted by Crippen LogP contribution is 2.39. The molecule has 1 aliphatic heterocycles. The van der Waals surface area contributed by atoms with Crippen LogP contribution in [0.2, 0.25) is 0 Å². The Kier molecular flexibility index (Phi) is 5.03.